The number of likely N-dealkylation sites (N-methyl/N-ethyl adjacent to an activating group) is 1. The van der Waals surface area contributed by atoms with Crippen LogP contribution in [0.1, 0.15) is 6.92 Å². The molecule has 0 aromatic rings. The first-order valence-corrected chi connectivity index (χ1v) is 5.55. The molecule has 17 heavy (non-hydrogen) atoms. The Kier molecular flexibility index (Phi) is 5.33. The van der Waals surface area contributed by atoms with E-state index in [1.165, 1.54) is 0 Å². The summed E-state index contributed by atoms with van der Waals surface area (Å²) in [6.07, 6.45) is 0. The topological polar surface area (TPSA) is 108 Å². The molecule has 3 atom stereocenters. The number of amides is 1. The van der Waals surface area contributed by atoms with E-state index in [9.17, 15) is 9.59 Å². The standard InChI is InChI=1S/C10H18N2O5/c1-2-11-8-5-17-4-6(8)9(14)12-7(3-13)10(15)16/h6-8,11,13H,2-5H2,1H3,(H,12,14)(H,15,16). The molecule has 0 radical (unpaired) electrons. The molecule has 1 aliphatic rings. The van der Waals surface area contributed by atoms with Crippen molar-refractivity contribution in [2.45, 2.75) is 19.0 Å². The first-order valence-electron chi connectivity index (χ1n) is 5.55. The van der Waals surface area contributed by atoms with Crippen molar-refractivity contribution in [3.63, 3.8) is 0 Å². The third kappa shape index (κ3) is 3.65. The number of rotatable bonds is 6. The van der Waals surface area contributed by atoms with Gasteiger partial charge in [-0.3, -0.25) is 4.79 Å². The molecule has 0 saturated carbocycles. The number of nitrogens with one attached hydrogen (secondary N) is 2. The lowest BCUT2D eigenvalue weighted by atomic mass is 10.0. The maximum atomic E-state index is 11.8. The van der Waals surface area contributed by atoms with Gasteiger partial charge < -0.3 is 25.6 Å². The fourth-order valence-corrected chi connectivity index (χ4v) is 1.74. The molecule has 1 aliphatic heterocycles. The SMILES string of the molecule is CCNC1COCC1C(=O)NC(CO)C(=O)O. The molecule has 0 aromatic heterocycles. The zero-order valence-corrected chi connectivity index (χ0v) is 9.68. The molecule has 1 rings (SSSR count). The number of hydrogen-bond acceptors (Lipinski definition) is 5. The lowest BCUT2D eigenvalue weighted by Crippen LogP contribution is -2.50. The van der Waals surface area contributed by atoms with Crippen molar-refractivity contribution in [3.05, 3.63) is 0 Å². The Bertz CT molecular complexity index is 284. The van der Waals surface area contributed by atoms with Crippen LogP contribution in [0.2, 0.25) is 0 Å². The zero-order valence-electron chi connectivity index (χ0n) is 9.68. The Hall–Kier alpha value is -1.18. The monoisotopic (exact) mass is 246 g/mol. The Morgan fingerprint density at radius 2 is 2.18 bits per heavy atom. The first kappa shape index (κ1) is 13.9. The largest absolute Gasteiger partial charge is 0.480 e. The summed E-state index contributed by atoms with van der Waals surface area (Å²) in [7, 11) is 0. The minimum Gasteiger partial charge on any atom is -0.480 e. The maximum Gasteiger partial charge on any atom is 0.328 e. The number of hydrogen-bond donors (Lipinski definition) is 4. The van der Waals surface area contributed by atoms with Gasteiger partial charge in [-0.2, -0.15) is 0 Å². The molecule has 1 heterocycles. The third-order valence-electron chi connectivity index (χ3n) is 2.68. The summed E-state index contributed by atoms with van der Waals surface area (Å²) >= 11 is 0. The number of aliphatic hydroxyl groups is 1. The van der Waals surface area contributed by atoms with Crippen LogP contribution >= 0.6 is 0 Å². The summed E-state index contributed by atoms with van der Waals surface area (Å²) in [4.78, 5) is 22.5. The lowest BCUT2D eigenvalue weighted by Gasteiger charge is -2.19. The average molecular weight is 246 g/mol. The van der Waals surface area contributed by atoms with E-state index in [0.29, 0.717) is 13.2 Å². The van der Waals surface area contributed by atoms with Gasteiger partial charge >= 0.3 is 5.97 Å². The number of aliphatic hydroxyl groups excluding tert-OH is 1. The minimum absolute atomic E-state index is 0.104. The van der Waals surface area contributed by atoms with Crippen molar-refractivity contribution in [2.75, 3.05) is 26.4 Å². The van der Waals surface area contributed by atoms with Crippen molar-refractivity contribution >= 4 is 11.9 Å². The molecule has 4 N–H and O–H groups in total. The summed E-state index contributed by atoms with van der Waals surface area (Å²) in [5.74, 6) is -2.07. The van der Waals surface area contributed by atoms with Crippen LogP contribution in [0.4, 0.5) is 0 Å². The number of carboxylic acid groups (broad SMARTS) is 1. The van der Waals surface area contributed by atoms with Gasteiger partial charge in [-0.1, -0.05) is 6.92 Å². The van der Waals surface area contributed by atoms with Crippen molar-refractivity contribution in [3.8, 4) is 0 Å². The van der Waals surface area contributed by atoms with Gasteiger partial charge in [0.25, 0.3) is 0 Å². The van der Waals surface area contributed by atoms with E-state index < -0.39 is 30.4 Å². The smallest absolute Gasteiger partial charge is 0.328 e. The average Bonchev–Trinajstić information content (AvgIpc) is 2.74. The van der Waals surface area contributed by atoms with E-state index in [-0.39, 0.29) is 12.6 Å². The Morgan fingerprint density at radius 3 is 2.71 bits per heavy atom. The molecule has 1 fully saturated rings. The molecular weight excluding hydrogens is 228 g/mol. The van der Waals surface area contributed by atoms with Crippen LogP contribution in [0.3, 0.4) is 0 Å². The summed E-state index contributed by atoms with van der Waals surface area (Å²) in [5, 5.41) is 22.9. The molecule has 3 unspecified atom stereocenters. The number of aliphatic carboxylic acids is 1. The van der Waals surface area contributed by atoms with Gasteiger partial charge in [-0.05, 0) is 6.54 Å². The van der Waals surface area contributed by atoms with E-state index in [0.717, 1.165) is 0 Å². The second-order valence-corrected chi connectivity index (χ2v) is 3.89. The molecule has 0 bridgehead atoms. The second kappa shape index (κ2) is 6.53. The first-order chi connectivity index (χ1) is 8.10. The van der Waals surface area contributed by atoms with Crippen molar-refractivity contribution in [1.29, 1.82) is 0 Å². The van der Waals surface area contributed by atoms with Crippen molar-refractivity contribution in [2.24, 2.45) is 5.92 Å². The van der Waals surface area contributed by atoms with E-state index >= 15 is 0 Å². The van der Waals surface area contributed by atoms with Gasteiger partial charge in [0.05, 0.1) is 25.7 Å². The summed E-state index contributed by atoms with van der Waals surface area (Å²) in [5.41, 5.74) is 0. The molecule has 1 saturated heterocycles. The number of carboxylic acids is 1. The number of ether oxygens (including phenoxy) is 1. The van der Waals surface area contributed by atoms with Gasteiger partial charge in [0.15, 0.2) is 0 Å². The maximum absolute atomic E-state index is 11.8. The highest BCUT2D eigenvalue weighted by Crippen LogP contribution is 2.14. The summed E-state index contributed by atoms with van der Waals surface area (Å²) in [6.45, 7) is 2.70. The molecule has 98 valence electrons. The van der Waals surface area contributed by atoms with Crippen LogP contribution in [0.25, 0.3) is 0 Å². The van der Waals surface area contributed by atoms with E-state index in [2.05, 4.69) is 10.6 Å². The molecule has 1 amide bonds. The van der Waals surface area contributed by atoms with E-state index in [4.69, 9.17) is 14.9 Å². The van der Waals surface area contributed by atoms with Gasteiger partial charge in [0, 0.05) is 6.04 Å². The summed E-state index contributed by atoms with van der Waals surface area (Å²) < 4.78 is 5.19. The quantitative estimate of drug-likeness (QED) is 0.439. The molecule has 0 aromatic carbocycles. The predicted molar refractivity (Wildman–Crippen MR) is 58.4 cm³/mol. The Balaban J connectivity index is 2.53. The predicted octanol–water partition coefficient (Wildman–Crippen LogP) is -1.83. The van der Waals surface area contributed by atoms with Gasteiger partial charge in [-0.25, -0.2) is 4.79 Å². The lowest BCUT2D eigenvalue weighted by molar-refractivity contribution is -0.143. The molecule has 7 nitrogen and oxygen atoms in total. The van der Waals surface area contributed by atoms with Gasteiger partial charge in [0.1, 0.15) is 6.04 Å². The Labute approximate surface area is 99.1 Å². The Morgan fingerprint density at radius 1 is 1.47 bits per heavy atom. The van der Waals surface area contributed by atoms with Crippen molar-refractivity contribution < 1.29 is 24.5 Å². The van der Waals surface area contributed by atoms with Gasteiger partial charge in [0.2, 0.25) is 5.91 Å². The second-order valence-electron chi connectivity index (χ2n) is 3.89. The van der Waals surface area contributed by atoms with Crippen LogP contribution in [0, 0.1) is 5.92 Å². The van der Waals surface area contributed by atoms with E-state index in [1.807, 2.05) is 6.92 Å². The highest BCUT2D eigenvalue weighted by molar-refractivity contribution is 5.85. The van der Waals surface area contributed by atoms with Crippen LogP contribution in [0.15, 0.2) is 0 Å². The fraction of sp³-hybridized carbons (Fsp3) is 0.800. The fourth-order valence-electron chi connectivity index (χ4n) is 1.74. The summed E-state index contributed by atoms with van der Waals surface area (Å²) in [6, 6.07) is -1.36. The minimum atomic E-state index is -1.26. The molecular formula is C10H18N2O5. The highest BCUT2D eigenvalue weighted by atomic mass is 16.5. The highest BCUT2D eigenvalue weighted by Gasteiger charge is 2.35. The number of carbonyl (C=O) groups is 2. The van der Waals surface area contributed by atoms with Crippen LogP contribution in [-0.4, -0.2) is 60.5 Å². The van der Waals surface area contributed by atoms with Crippen LogP contribution < -0.4 is 10.6 Å². The molecule has 7 heteroatoms. The zero-order chi connectivity index (χ0) is 12.8. The van der Waals surface area contributed by atoms with E-state index in [1.54, 1.807) is 0 Å². The van der Waals surface area contributed by atoms with Gasteiger partial charge in [-0.15, -0.1) is 0 Å². The number of carbonyl (C=O) groups excluding carboxylic acids is 1. The third-order valence-corrected chi connectivity index (χ3v) is 2.68. The molecule has 0 spiro atoms. The van der Waals surface area contributed by atoms with Crippen LogP contribution in [0.5, 0.6) is 0 Å². The molecule has 0 aliphatic carbocycles. The van der Waals surface area contributed by atoms with Crippen molar-refractivity contribution in [1.82, 2.24) is 10.6 Å². The van der Waals surface area contributed by atoms with Crippen LogP contribution in [-0.2, 0) is 14.3 Å². The normalized spacial score (nSPS) is 25.5.